The Morgan fingerprint density at radius 1 is 0.846 bits per heavy atom. The molecule has 2 aromatic rings. The molecule has 0 aliphatic heterocycles. The van der Waals surface area contributed by atoms with E-state index in [0.717, 1.165) is 24.0 Å². The molecule has 0 unspecified atom stereocenters. The van der Waals surface area contributed by atoms with E-state index in [0.29, 0.717) is 19.5 Å². The predicted molar refractivity (Wildman–Crippen MR) is 99.6 cm³/mol. The van der Waals surface area contributed by atoms with E-state index < -0.39 is 5.97 Å². The summed E-state index contributed by atoms with van der Waals surface area (Å²) in [6, 6.07) is 19.3. The molecule has 0 aliphatic carbocycles. The zero-order valence-corrected chi connectivity index (χ0v) is 14.8. The van der Waals surface area contributed by atoms with Crippen LogP contribution in [0.3, 0.4) is 0 Å². The van der Waals surface area contributed by atoms with Crippen molar-refractivity contribution in [1.29, 1.82) is 0 Å². The van der Waals surface area contributed by atoms with Crippen LogP contribution >= 0.6 is 0 Å². The van der Waals surface area contributed by atoms with Gasteiger partial charge in [-0.25, -0.2) is 4.79 Å². The molecule has 0 saturated heterocycles. The minimum absolute atomic E-state index is 0.164. The van der Waals surface area contributed by atoms with Gasteiger partial charge in [0, 0.05) is 19.5 Å². The van der Waals surface area contributed by atoms with Crippen LogP contribution in [0.2, 0.25) is 0 Å². The van der Waals surface area contributed by atoms with Crippen LogP contribution in [0.1, 0.15) is 36.8 Å². The van der Waals surface area contributed by atoms with Crippen molar-refractivity contribution in [1.82, 2.24) is 4.90 Å². The molecular formula is C21H25NO4. The first-order chi connectivity index (χ1) is 12.6. The Morgan fingerprint density at radius 2 is 1.46 bits per heavy atom. The number of carbonyl (C=O) groups is 2. The molecule has 2 rings (SSSR count). The third-order valence-electron chi connectivity index (χ3n) is 4.00. The highest BCUT2D eigenvalue weighted by Gasteiger charge is 2.15. The number of carbonyl (C=O) groups excluding carboxylic acids is 1. The molecule has 26 heavy (non-hydrogen) atoms. The monoisotopic (exact) mass is 355 g/mol. The third-order valence-corrected chi connectivity index (χ3v) is 4.00. The second-order valence-electron chi connectivity index (χ2n) is 6.15. The summed E-state index contributed by atoms with van der Waals surface area (Å²) in [5, 5.41) is 8.70. The quantitative estimate of drug-likeness (QED) is 0.639. The van der Waals surface area contributed by atoms with Crippen molar-refractivity contribution < 1.29 is 19.4 Å². The number of hydrogen-bond donors (Lipinski definition) is 1. The fraction of sp³-hybridized carbons (Fsp3) is 0.333. The molecule has 5 nitrogen and oxygen atoms in total. The first kappa shape index (κ1) is 19.5. The summed E-state index contributed by atoms with van der Waals surface area (Å²) in [5.74, 6) is -0.784. The van der Waals surface area contributed by atoms with Crippen molar-refractivity contribution >= 4 is 12.1 Å². The lowest BCUT2D eigenvalue weighted by Crippen LogP contribution is -2.32. The summed E-state index contributed by atoms with van der Waals surface area (Å²) in [6.45, 7) is 1.26. The Kier molecular flexibility index (Phi) is 8.19. The first-order valence-corrected chi connectivity index (χ1v) is 8.86. The van der Waals surface area contributed by atoms with E-state index in [4.69, 9.17) is 9.84 Å². The maximum Gasteiger partial charge on any atom is 0.410 e. The van der Waals surface area contributed by atoms with Gasteiger partial charge >= 0.3 is 12.1 Å². The number of carboxylic acids is 1. The maximum absolute atomic E-state index is 12.5. The summed E-state index contributed by atoms with van der Waals surface area (Å²) in [7, 11) is 0. The molecule has 1 N–H and O–H groups in total. The van der Waals surface area contributed by atoms with E-state index in [2.05, 4.69) is 0 Å². The Bertz CT molecular complexity index is 673. The minimum Gasteiger partial charge on any atom is -0.481 e. The van der Waals surface area contributed by atoms with Gasteiger partial charge in [-0.05, 0) is 24.0 Å². The number of unbranched alkanes of at least 4 members (excludes halogenated alkanes) is 2. The van der Waals surface area contributed by atoms with Crippen LogP contribution in [-0.4, -0.2) is 28.6 Å². The smallest absolute Gasteiger partial charge is 0.410 e. The van der Waals surface area contributed by atoms with E-state index in [1.807, 2.05) is 60.7 Å². The number of nitrogens with zero attached hydrogens (tertiary/aromatic N) is 1. The lowest BCUT2D eigenvalue weighted by Gasteiger charge is -2.22. The lowest BCUT2D eigenvalue weighted by molar-refractivity contribution is -0.137. The van der Waals surface area contributed by atoms with Gasteiger partial charge in [-0.2, -0.15) is 0 Å². The number of hydrogen-bond acceptors (Lipinski definition) is 3. The van der Waals surface area contributed by atoms with E-state index in [1.54, 1.807) is 4.90 Å². The molecule has 2 aromatic carbocycles. The molecule has 0 fully saturated rings. The normalized spacial score (nSPS) is 10.3. The number of aliphatic carboxylic acids is 1. The van der Waals surface area contributed by atoms with Gasteiger partial charge in [0.15, 0.2) is 0 Å². The molecule has 5 heteroatoms. The van der Waals surface area contributed by atoms with Crippen molar-refractivity contribution in [3.63, 3.8) is 0 Å². The fourth-order valence-electron chi connectivity index (χ4n) is 2.60. The van der Waals surface area contributed by atoms with E-state index >= 15 is 0 Å². The standard InChI is InChI=1S/C21H25NO4/c23-20(24)14-8-3-9-15-22(16-18-10-4-1-5-11-18)21(25)26-17-19-12-6-2-7-13-19/h1-2,4-7,10-13H,3,8-9,14-17H2,(H,23,24). The van der Waals surface area contributed by atoms with E-state index in [9.17, 15) is 9.59 Å². The van der Waals surface area contributed by atoms with Gasteiger partial charge in [0.25, 0.3) is 0 Å². The molecule has 0 bridgehead atoms. The molecule has 1 amide bonds. The molecule has 0 heterocycles. The van der Waals surface area contributed by atoms with Crippen LogP contribution < -0.4 is 0 Å². The SMILES string of the molecule is O=C(O)CCCCCN(Cc1ccccc1)C(=O)OCc1ccccc1. The molecule has 0 aromatic heterocycles. The largest absolute Gasteiger partial charge is 0.481 e. The number of rotatable bonds is 10. The summed E-state index contributed by atoms with van der Waals surface area (Å²) >= 11 is 0. The van der Waals surface area contributed by atoms with Crippen LogP contribution in [0.25, 0.3) is 0 Å². The van der Waals surface area contributed by atoms with Crippen molar-refractivity contribution in [3.05, 3.63) is 71.8 Å². The second kappa shape index (κ2) is 10.9. The summed E-state index contributed by atoms with van der Waals surface area (Å²) in [6.07, 6.45) is 1.95. The third kappa shape index (κ3) is 7.38. The maximum atomic E-state index is 12.5. The number of benzene rings is 2. The second-order valence-corrected chi connectivity index (χ2v) is 6.15. The summed E-state index contributed by atoms with van der Waals surface area (Å²) in [5.41, 5.74) is 1.98. The summed E-state index contributed by atoms with van der Waals surface area (Å²) in [4.78, 5) is 24.8. The van der Waals surface area contributed by atoms with E-state index in [1.165, 1.54) is 0 Å². The molecule has 0 saturated carbocycles. The average Bonchev–Trinajstić information content (AvgIpc) is 2.66. The highest BCUT2D eigenvalue weighted by atomic mass is 16.6. The van der Waals surface area contributed by atoms with Crippen LogP contribution in [0.4, 0.5) is 4.79 Å². The Balaban J connectivity index is 1.88. The Labute approximate surface area is 154 Å². The van der Waals surface area contributed by atoms with Crippen LogP contribution in [0.5, 0.6) is 0 Å². The highest BCUT2D eigenvalue weighted by Crippen LogP contribution is 2.11. The predicted octanol–water partition coefficient (Wildman–Crippen LogP) is 4.47. The van der Waals surface area contributed by atoms with Gasteiger partial charge in [0.2, 0.25) is 0 Å². The fourth-order valence-corrected chi connectivity index (χ4v) is 2.60. The van der Waals surface area contributed by atoms with Gasteiger partial charge in [0.05, 0.1) is 0 Å². The molecular weight excluding hydrogens is 330 g/mol. The topological polar surface area (TPSA) is 66.8 Å². The van der Waals surface area contributed by atoms with Crippen LogP contribution in [0, 0.1) is 0 Å². The summed E-state index contributed by atoms with van der Waals surface area (Å²) < 4.78 is 5.45. The zero-order valence-electron chi connectivity index (χ0n) is 14.8. The first-order valence-electron chi connectivity index (χ1n) is 8.86. The van der Waals surface area contributed by atoms with Gasteiger partial charge in [-0.1, -0.05) is 67.1 Å². The number of ether oxygens (including phenoxy) is 1. The van der Waals surface area contributed by atoms with Gasteiger partial charge < -0.3 is 14.7 Å². The lowest BCUT2D eigenvalue weighted by atomic mass is 10.1. The van der Waals surface area contributed by atoms with Gasteiger partial charge in [-0.15, -0.1) is 0 Å². The number of carboxylic acid groups (broad SMARTS) is 1. The minimum atomic E-state index is -0.784. The zero-order chi connectivity index (χ0) is 18.6. The Hall–Kier alpha value is -2.82. The van der Waals surface area contributed by atoms with E-state index in [-0.39, 0.29) is 19.1 Å². The molecule has 0 radical (unpaired) electrons. The van der Waals surface area contributed by atoms with Crippen molar-refractivity contribution in [3.8, 4) is 0 Å². The Morgan fingerprint density at radius 3 is 2.08 bits per heavy atom. The van der Waals surface area contributed by atoms with Crippen LogP contribution in [0.15, 0.2) is 60.7 Å². The highest BCUT2D eigenvalue weighted by molar-refractivity contribution is 5.67. The van der Waals surface area contributed by atoms with Crippen molar-refractivity contribution in [2.24, 2.45) is 0 Å². The van der Waals surface area contributed by atoms with Gasteiger partial charge in [-0.3, -0.25) is 4.79 Å². The number of amides is 1. The average molecular weight is 355 g/mol. The van der Waals surface area contributed by atoms with Gasteiger partial charge in [0.1, 0.15) is 6.61 Å². The van der Waals surface area contributed by atoms with Crippen LogP contribution in [-0.2, 0) is 22.7 Å². The molecule has 0 atom stereocenters. The molecule has 0 spiro atoms. The van der Waals surface area contributed by atoms with Crippen molar-refractivity contribution in [2.75, 3.05) is 6.54 Å². The molecule has 0 aliphatic rings. The molecule has 138 valence electrons. The van der Waals surface area contributed by atoms with Crippen molar-refractivity contribution in [2.45, 2.75) is 38.8 Å².